The van der Waals surface area contributed by atoms with Gasteiger partial charge in [0.25, 0.3) is 5.91 Å². The van der Waals surface area contributed by atoms with Crippen LogP contribution in [-0.2, 0) is 0 Å². The molecule has 1 aliphatic heterocycles. The number of amides is 1. The second-order valence-electron chi connectivity index (χ2n) is 6.58. The third kappa shape index (κ3) is 4.62. The first-order valence-electron chi connectivity index (χ1n) is 8.73. The standard InChI is InChI=1S/C20H21BrClN3OS/c1-13-4-3-5-18(14(13)2)24-8-10-25(11-9-24)20(27)23-19(26)16-12-15(21)6-7-17(16)22/h3-7,12H,8-11H2,1-2H3,(H,23,26,27). The highest BCUT2D eigenvalue weighted by Crippen LogP contribution is 2.24. The summed E-state index contributed by atoms with van der Waals surface area (Å²) in [6.45, 7) is 7.53. The minimum Gasteiger partial charge on any atom is -0.368 e. The van der Waals surface area contributed by atoms with Gasteiger partial charge in [-0.05, 0) is 61.5 Å². The zero-order valence-corrected chi connectivity index (χ0v) is 18.4. The van der Waals surface area contributed by atoms with Crippen molar-refractivity contribution in [3.05, 3.63) is 62.6 Å². The molecule has 2 aromatic carbocycles. The number of piperazine rings is 1. The van der Waals surface area contributed by atoms with Gasteiger partial charge in [0.2, 0.25) is 0 Å². The van der Waals surface area contributed by atoms with Gasteiger partial charge in [0.1, 0.15) is 0 Å². The van der Waals surface area contributed by atoms with E-state index in [0.717, 1.165) is 30.7 Å². The maximum Gasteiger partial charge on any atom is 0.258 e. The molecule has 1 saturated heterocycles. The minimum atomic E-state index is -0.289. The molecule has 0 atom stereocenters. The van der Waals surface area contributed by atoms with E-state index in [1.54, 1.807) is 18.2 Å². The predicted molar refractivity (Wildman–Crippen MR) is 119 cm³/mol. The summed E-state index contributed by atoms with van der Waals surface area (Å²) in [7, 11) is 0. The number of carbonyl (C=O) groups excluding carboxylic acids is 1. The first-order valence-corrected chi connectivity index (χ1v) is 10.3. The number of hydrogen-bond acceptors (Lipinski definition) is 3. The molecule has 1 amide bonds. The molecule has 7 heteroatoms. The number of nitrogens with zero attached hydrogens (tertiary/aromatic N) is 2. The molecule has 3 rings (SSSR count). The van der Waals surface area contributed by atoms with E-state index >= 15 is 0 Å². The monoisotopic (exact) mass is 465 g/mol. The summed E-state index contributed by atoms with van der Waals surface area (Å²) in [5.74, 6) is -0.289. The Hall–Kier alpha value is -1.63. The summed E-state index contributed by atoms with van der Waals surface area (Å²) in [6, 6.07) is 11.6. The number of benzene rings is 2. The molecular formula is C20H21BrClN3OS. The van der Waals surface area contributed by atoms with Gasteiger partial charge in [-0.25, -0.2) is 0 Å². The Morgan fingerprint density at radius 2 is 1.85 bits per heavy atom. The fraction of sp³-hybridized carbons (Fsp3) is 0.300. The van der Waals surface area contributed by atoms with E-state index < -0.39 is 0 Å². The molecule has 0 unspecified atom stereocenters. The quantitative estimate of drug-likeness (QED) is 0.658. The van der Waals surface area contributed by atoms with Gasteiger partial charge in [-0.1, -0.05) is 39.7 Å². The second-order valence-corrected chi connectivity index (χ2v) is 8.29. The van der Waals surface area contributed by atoms with Crippen LogP contribution >= 0.6 is 39.7 Å². The Kier molecular flexibility index (Phi) is 6.40. The van der Waals surface area contributed by atoms with Crippen LogP contribution in [0.3, 0.4) is 0 Å². The van der Waals surface area contributed by atoms with E-state index in [4.69, 9.17) is 23.8 Å². The highest BCUT2D eigenvalue weighted by molar-refractivity contribution is 9.10. The third-order valence-electron chi connectivity index (χ3n) is 4.88. The molecule has 2 aromatic rings. The molecule has 1 fully saturated rings. The molecule has 1 N–H and O–H groups in total. The second kappa shape index (κ2) is 8.59. The number of rotatable bonds is 2. The van der Waals surface area contributed by atoms with Gasteiger partial charge in [-0.15, -0.1) is 0 Å². The molecule has 27 heavy (non-hydrogen) atoms. The lowest BCUT2D eigenvalue weighted by Gasteiger charge is -2.38. The van der Waals surface area contributed by atoms with E-state index in [-0.39, 0.29) is 5.91 Å². The highest BCUT2D eigenvalue weighted by Gasteiger charge is 2.22. The molecule has 0 saturated carbocycles. The van der Waals surface area contributed by atoms with Gasteiger partial charge in [0.05, 0.1) is 10.6 Å². The summed E-state index contributed by atoms with van der Waals surface area (Å²) in [6.07, 6.45) is 0. The minimum absolute atomic E-state index is 0.289. The summed E-state index contributed by atoms with van der Waals surface area (Å²) in [5, 5.41) is 3.65. The average molecular weight is 467 g/mol. The van der Waals surface area contributed by atoms with Crippen molar-refractivity contribution >= 4 is 56.5 Å². The van der Waals surface area contributed by atoms with Gasteiger partial charge in [-0.2, -0.15) is 0 Å². The number of nitrogens with one attached hydrogen (secondary N) is 1. The fourth-order valence-corrected chi connectivity index (χ4v) is 3.98. The van der Waals surface area contributed by atoms with Crippen LogP contribution in [0.15, 0.2) is 40.9 Å². The molecular weight excluding hydrogens is 446 g/mol. The van der Waals surface area contributed by atoms with Crippen LogP contribution in [0, 0.1) is 13.8 Å². The molecule has 1 aliphatic rings. The average Bonchev–Trinajstić information content (AvgIpc) is 2.66. The Morgan fingerprint density at radius 1 is 1.15 bits per heavy atom. The SMILES string of the molecule is Cc1cccc(N2CCN(C(=S)NC(=O)c3cc(Br)ccc3Cl)CC2)c1C. The molecule has 0 aliphatic carbocycles. The highest BCUT2D eigenvalue weighted by atomic mass is 79.9. The largest absolute Gasteiger partial charge is 0.368 e. The van der Waals surface area contributed by atoms with Gasteiger partial charge in [-0.3, -0.25) is 10.1 Å². The lowest BCUT2D eigenvalue weighted by molar-refractivity contribution is 0.0973. The molecule has 4 nitrogen and oxygen atoms in total. The van der Waals surface area contributed by atoms with Gasteiger partial charge >= 0.3 is 0 Å². The molecule has 0 radical (unpaired) electrons. The van der Waals surface area contributed by atoms with Crippen LogP contribution in [-0.4, -0.2) is 42.1 Å². The Labute approximate surface area is 178 Å². The van der Waals surface area contributed by atoms with Gasteiger partial charge in [0.15, 0.2) is 5.11 Å². The van der Waals surface area contributed by atoms with Crippen molar-refractivity contribution in [3.8, 4) is 0 Å². The van der Waals surface area contributed by atoms with E-state index in [0.29, 0.717) is 15.7 Å². The number of hydrogen-bond donors (Lipinski definition) is 1. The topological polar surface area (TPSA) is 35.6 Å². The zero-order valence-electron chi connectivity index (χ0n) is 15.3. The van der Waals surface area contributed by atoms with Crippen molar-refractivity contribution in [1.82, 2.24) is 10.2 Å². The number of carbonyl (C=O) groups is 1. The Balaban J connectivity index is 1.61. The Bertz CT molecular complexity index is 882. The Morgan fingerprint density at radius 3 is 2.56 bits per heavy atom. The van der Waals surface area contributed by atoms with Crippen LogP contribution in [0.5, 0.6) is 0 Å². The number of anilines is 1. The third-order valence-corrected chi connectivity index (χ3v) is 6.06. The fourth-order valence-electron chi connectivity index (χ4n) is 3.14. The molecule has 0 aromatic heterocycles. The number of aryl methyl sites for hydroxylation is 1. The molecule has 142 valence electrons. The summed E-state index contributed by atoms with van der Waals surface area (Å²) in [4.78, 5) is 16.9. The van der Waals surface area contributed by atoms with Crippen molar-refractivity contribution in [2.45, 2.75) is 13.8 Å². The van der Waals surface area contributed by atoms with E-state index in [2.05, 4.69) is 58.2 Å². The van der Waals surface area contributed by atoms with Crippen molar-refractivity contribution in [3.63, 3.8) is 0 Å². The first-order chi connectivity index (χ1) is 12.9. The predicted octanol–water partition coefficient (Wildman–Crippen LogP) is 4.56. The van der Waals surface area contributed by atoms with E-state index in [9.17, 15) is 4.79 Å². The number of halogens is 2. The van der Waals surface area contributed by atoms with E-state index in [1.165, 1.54) is 16.8 Å². The van der Waals surface area contributed by atoms with Crippen LogP contribution in [0.4, 0.5) is 5.69 Å². The maximum atomic E-state index is 12.5. The molecule has 1 heterocycles. The molecule has 0 spiro atoms. The van der Waals surface area contributed by atoms with Gasteiger partial charge in [0, 0.05) is 36.3 Å². The smallest absolute Gasteiger partial charge is 0.258 e. The number of thiocarbonyl (C=S) groups is 1. The van der Waals surface area contributed by atoms with Crippen molar-refractivity contribution in [1.29, 1.82) is 0 Å². The van der Waals surface area contributed by atoms with Crippen LogP contribution < -0.4 is 10.2 Å². The van der Waals surface area contributed by atoms with Crippen molar-refractivity contribution < 1.29 is 4.79 Å². The van der Waals surface area contributed by atoms with Gasteiger partial charge < -0.3 is 9.80 Å². The summed E-state index contributed by atoms with van der Waals surface area (Å²) >= 11 is 14.9. The normalized spacial score (nSPS) is 14.2. The molecule has 0 bridgehead atoms. The van der Waals surface area contributed by atoms with Crippen LogP contribution in [0.25, 0.3) is 0 Å². The summed E-state index contributed by atoms with van der Waals surface area (Å²) in [5.41, 5.74) is 4.28. The van der Waals surface area contributed by atoms with Crippen molar-refractivity contribution in [2.24, 2.45) is 0 Å². The maximum absolute atomic E-state index is 12.5. The lowest BCUT2D eigenvalue weighted by atomic mass is 10.1. The van der Waals surface area contributed by atoms with Crippen molar-refractivity contribution in [2.75, 3.05) is 31.1 Å². The van der Waals surface area contributed by atoms with Crippen LogP contribution in [0.1, 0.15) is 21.5 Å². The lowest BCUT2D eigenvalue weighted by Crippen LogP contribution is -2.52. The van der Waals surface area contributed by atoms with E-state index in [1.807, 2.05) is 4.90 Å². The zero-order chi connectivity index (χ0) is 19.6. The summed E-state index contributed by atoms with van der Waals surface area (Å²) < 4.78 is 0.796. The first kappa shape index (κ1) is 20.1. The van der Waals surface area contributed by atoms with Crippen LogP contribution in [0.2, 0.25) is 5.02 Å².